The number of benzene rings is 1. The van der Waals surface area contributed by atoms with Gasteiger partial charge < -0.3 is 19.7 Å². The largest absolute Gasteiger partial charge is 0.350 e. The molecule has 1 aromatic carbocycles. The fourth-order valence-corrected chi connectivity index (χ4v) is 3.36. The molecule has 1 spiro atoms. The first kappa shape index (κ1) is 16.0. The van der Waals surface area contributed by atoms with Crippen LogP contribution in [0.25, 0.3) is 0 Å². The number of halogens is 1. The first-order valence-electron chi connectivity index (χ1n) is 7.69. The van der Waals surface area contributed by atoms with Crippen molar-refractivity contribution < 1.29 is 9.47 Å². The molecule has 0 aromatic heterocycles. The number of anilines is 1. The van der Waals surface area contributed by atoms with Gasteiger partial charge in [0.05, 0.1) is 13.2 Å². The number of nitrogens with zero attached hydrogens (tertiary/aromatic N) is 1. The minimum Gasteiger partial charge on any atom is -0.350 e. The summed E-state index contributed by atoms with van der Waals surface area (Å²) >= 11 is 11.7. The maximum atomic E-state index is 6.15. The van der Waals surface area contributed by atoms with Gasteiger partial charge in [-0.25, -0.2) is 0 Å². The fourth-order valence-electron chi connectivity index (χ4n) is 2.89. The zero-order valence-electron chi connectivity index (χ0n) is 12.7. The SMILES string of the molecule is Cc1c(Cl)cccc1NC(=S)N1CCC2(CC1)OCCCO2. The monoisotopic (exact) mass is 340 g/mol. The first-order chi connectivity index (χ1) is 10.6. The molecule has 120 valence electrons. The van der Waals surface area contributed by atoms with Crippen LogP contribution in [0.5, 0.6) is 0 Å². The van der Waals surface area contributed by atoms with Crippen molar-refractivity contribution in [2.45, 2.75) is 32.0 Å². The lowest BCUT2D eigenvalue weighted by atomic mass is 10.0. The van der Waals surface area contributed by atoms with E-state index in [4.69, 9.17) is 33.3 Å². The molecule has 4 nitrogen and oxygen atoms in total. The van der Waals surface area contributed by atoms with Crippen molar-refractivity contribution in [1.82, 2.24) is 4.90 Å². The van der Waals surface area contributed by atoms with Crippen LogP contribution < -0.4 is 5.32 Å². The van der Waals surface area contributed by atoms with E-state index in [1.807, 2.05) is 25.1 Å². The molecule has 0 amide bonds. The van der Waals surface area contributed by atoms with E-state index in [1.54, 1.807) is 0 Å². The normalized spacial score (nSPS) is 20.9. The summed E-state index contributed by atoms with van der Waals surface area (Å²) in [6, 6.07) is 5.80. The second-order valence-electron chi connectivity index (χ2n) is 5.79. The minimum atomic E-state index is -0.379. The van der Waals surface area contributed by atoms with Crippen LogP contribution in [0.4, 0.5) is 5.69 Å². The van der Waals surface area contributed by atoms with E-state index in [-0.39, 0.29) is 5.79 Å². The third-order valence-electron chi connectivity index (χ3n) is 4.34. The summed E-state index contributed by atoms with van der Waals surface area (Å²) < 4.78 is 11.7. The highest BCUT2D eigenvalue weighted by Gasteiger charge is 2.38. The van der Waals surface area contributed by atoms with E-state index < -0.39 is 0 Å². The fraction of sp³-hybridized carbons (Fsp3) is 0.562. The molecule has 0 unspecified atom stereocenters. The van der Waals surface area contributed by atoms with Gasteiger partial charge in [0, 0.05) is 36.6 Å². The molecular weight excluding hydrogens is 320 g/mol. The van der Waals surface area contributed by atoms with Gasteiger partial charge in [0.2, 0.25) is 0 Å². The molecule has 22 heavy (non-hydrogen) atoms. The van der Waals surface area contributed by atoms with E-state index in [0.717, 1.165) is 67.0 Å². The molecule has 0 saturated carbocycles. The summed E-state index contributed by atoms with van der Waals surface area (Å²) in [5, 5.41) is 4.78. The maximum absolute atomic E-state index is 6.15. The average Bonchev–Trinajstić information content (AvgIpc) is 2.53. The maximum Gasteiger partial charge on any atom is 0.173 e. The zero-order chi connectivity index (χ0) is 15.6. The molecule has 6 heteroatoms. The van der Waals surface area contributed by atoms with Gasteiger partial charge in [0.25, 0.3) is 0 Å². The summed E-state index contributed by atoms with van der Waals surface area (Å²) in [7, 11) is 0. The Hall–Kier alpha value is -0.880. The van der Waals surface area contributed by atoms with Crippen LogP contribution >= 0.6 is 23.8 Å². The Morgan fingerprint density at radius 1 is 1.27 bits per heavy atom. The van der Waals surface area contributed by atoms with Crippen LogP contribution in [0.2, 0.25) is 5.02 Å². The third kappa shape index (κ3) is 3.38. The van der Waals surface area contributed by atoms with E-state index in [0.29, 0.717) is 0 Å². The van der Waals surface area contributed by atoms with Crippen molar-refractivity contribution in [3.05, 3.63) is 28.8 Å². The Balaban J connectivity index is 1.59. The van der Waals surface area contributed by atoms with Crippen LogP contribution in [0.3, 0.4) is 0 Å². The number of rotatable bonds is 1. The lowest BCUT2D eigenvalue weighted by molar-refractivity contribution is -0.281. The predicted molar refractivity (Wildman–Crippen MR) is 92.5 cm³/mol. The number of thiocarbonyl (C=S) groups is 1. The van der Waals surface area contributed by atoms with Crippen LogP contribution in [0, 0.1) is 6.92 Å². The molecule has 0 atom stereocenters. The molecule has 0 radical (unpaired) electrons. The van der Waals surface area contributed by atoms with Crippen molar-refractivity contribution in [3.8, 4) is 0 Å². The highest BCUT2D eigenvalue weighted by Crippen LogP contribution is 2.31. The second-order valence-corrected chi connectivity index (χ2v) is 6.58. The summed E-state index contributed by atoms with van der Waals surface area (Å²) in [5.41, 5.74) is 1.97. The molecule has 2 heterocycles. The second kappa shape index (κ2) is 6.71. The number of piperidine rings is 1. The Morgan fingerprint density at radius 2 is 1.95 bits per heavy atom. The van der Waals surface area contributed by atoms with Crippen molar-refractivity contribution >= 4 is 34.6 Å². The summed E-state index contributed by atoms with van der Waals surface area (Å²) in [5.74, 6) is -0.379. The van der Waals surface area contributed by atoms with Gasteiger partial charge in [0.1, 0.15) is 0 Å². The molecule has 1 N–H and O–H groups in total. The molecular formula is C16H21ClN2O2S. The minimum absolute atomic E-state index is 0.379. The Morgan fingerprint density at radius 3 is 2.64 bits per heavy atom. The first-order valence-corrected chi connectivity index (χ1v) is 8.47. The number of nitrogens with one attached hydrogen (secondary N) is 1. The van der Waals surface area contributed by atoms with Gasteiger partial charge in [-0.1, -0.05) is 17.7 Å². The van der Waals surface area contributed by atoms with E-state index in [9.17, 15) is 0 Å². The molecule has 3 rings (SSSR count). The molecule has 0 aliphatic carbocycles. The average molecular weight is 341 g/mol. The Bertz CT molecular complexity index is 551. The summed E-state index contributed by atoms with van der Waals surface area (Å²) in [4.78, 5) is 2.17. The number of likely N-dealkylation sites (tertiary alicyclic amines) is 1. The molecule has 2 saturated heterocycles. The van der Waals surface area contributed by atoms with Crippen molar-refractivity contribution in [3.63, 3.8) is 0 Å². The van der Waals surface area contributed by atoms with Gasteiger partial charge in [-0.15, -0.1) is 0 Å². The van der Waals surface area contributed by atoms with Gasteiger partial charge in [0.15, 0.2) is 10.9 Å². The lowest BCUT2D eigenvalue weighted by Crippen LogP contribution is -2.52. The van der Waals surface area contributed by atoms with Crippen LogP contribution in [0.1, 0.15) is 24.8 Å². The highest BCUT2D eigenvalue weighted by molar-refractivity contribution is 7.80. The summed E-state index contributed by atoms with van der Waals surface area (Å²) in [6.45, 7) is 5.26. The molecule has 1 aromatic rings. The smallest absolute Gasteiger partial charge is 0.173 e. The Kier molecular flexibility index (Phi) is 4.88. The van der Waals surface area contributed by atoms with Crippen molar-refractivity contribution in [2.75, 3.05) is 31.6 Å². The van der Waals surface area contributed by atoms with E-state index in [2.05, 4.69) is 10.2 Å². The predicted octanol–water partition coefficient (Wildman–Crippen LogP) is 3.57. The van der Waals surface area contributed by atoms with E-state index >= 15 is 0 Å². The lowest BCUT2D eigenvalue weighted by Gasteiger charge is -2.44. The number of hydrogen-bond acceptors (Lipinski definition) is 3. The molecule has 2 fully saturated rings. The zero-order valence-corrected chi connectivity index (χ0v) is 14.3. The van der Waals surface area contributed by atoms with Gasteiger partial charge in [-0.05, 0) is 43.3 Å². The van der Waals surface area contributed by atoms with Gasteiger partial charge >= 0.3 is 0 Å². The Labute approximate surface area is 141 Å². The number of hydrogen-bond donors (Lipinski definition) is 1. The number of ether oxygens (including phenoxy) is 2. The van der Waals surface area contributed by atoms with Crippen LogP contribution in [0.15, 0.2) is 18.2 Å². The van der Waals surface area contributed by atoms with Crippen molar-refractivity contribution in [2.24, 2.45) is 0 Å². The molecule has 2 aliphatic heterocycles. The van der Waals surface area contributed by atoms with Gasteiger partial charge in [-0.2, -0.15) is 0 Å². The standard InChI is InChI=1S/C16H21ClN2O2S/c1-12-13(17)4-2-5-14(12)18-15(22)19-8-6-16(7-9-19)20-10-3-11-21-16/h2,4-5H,3,6-11H2,1H3,(H,18,22). The summed E-state index contributed by atoms with van der Waals surface area (Å²) in [6.07, 6.45) is 2.69. The van der Waals surface area contributed by atoms with Gasteiger partial charge in [-0.3, -0.25) is 0 Å². The molecule has 2 aliphatic rings. The quantitative estimate of drug-likeness (QED) is 0.790. The van der Waals surface area contributed by atoms with Crippen LogP contribution in [-0.2, 0) is 9.47 Å². The topological polar surface area (TPSA) is 33.7 Å². The van der Waals surface area contributed by atoms with Crippen molar-refractivity contribution in [1.29, 1.82) is 0 Å². The highest BCUT2D eigenvalue weighted by atomic mass is 35.5. The van der Waals surface area contributed by atoms with Crippen LogP contribution in [-0.4, -0.2) is 42.1 Å². The molecule has 0 bridgehead atoms. The third-order valence-corrected chi connectivity index (χ3v) is 5.11. The van der Waals surface area contributed by atoms with E-state index in [1.165, 1.54) is 0 Å².